The first-order valence-corrected chi connectivity index (χ1v) is 6.24. The standard InChI is InChI=1S/C8H18N2.C5H12/c1-6(2)9-8(5)10-7(3)4;1-3-5-4-2/h6-7H,1-5H3,(H,9,10);3-5H2,1-2H3. The molecule has 0 aromatic heterocycles. The highest BCUT2D eigenvalue weighted by atomic mass is 15.0. The maximum absolute atomic E-state index is 4.32. The summed E-state index contributed by atoms with van der Waals surface area (Å²) in [5.74, 6) is 1.03. The van der Waals surface area contributed by atoms with Crippen LogP contribution in [-0.4, -0.2) is 17.9 Å². The van der Waals surface area contributed by atoms with Gasteiger partial charge in [-0.3, -0.25) is 4.99 Å². The lowest BCUT2D eigenvalue weighted by molar-refractivity contribution is 0.716. The van der Waals surface area contributed by atoms with Crippen LogP contribution in [0.2, 0.25) is 0 Å². The quantitative estimate of drug-likeness (QED) is 0.555. The third kappa shape index (κ3) is 19.8. The van der Waals surface area contributed by atoms with Gasteiger partial charge in [-0.15, -0.1) is 0 Å². The summed E-state index contributed by atoms with van der Waals surface area (Å²) in [5, 5.41) is 3.22. The van der Waals surface area contributed by atoms with Crippen LogP contribution < -0.4 is 5.32 Å². The highest BCUT2D eigenvalue weighted by Gasteiger charge is 1.94. The number of aliphatic imine (C=N–C) groups is 1. The zero-order valence-electron chi connectivity index (χ0n) is 11.7. The van der Waals surface area contributed by atoms with Gasteiger partial charge in [0.1, 0.15) is 0 Å². The maximum atomic E-state index is 4.32. The van der Waals surface area contributed by atoms with Crippen molar-refractivity contribution in [2.45, 2.75) is 79.8 Å². The first-order valence-electron chi connectivity index (χ1n) is 6.24. The van der Waals surface area contributed by atoms with Gasteiger partial charge in [0.05, 0.1) is 5.84 Å². The van der Waals surface area contributed by atoms with Crippen LogP contribution in [0.1, 0.15) is 67.7 Å². The summed E-state index contributed by atoms with van der Waals surface area (Å²) < 4.78 is 0. The Bertz CT molecular complexity index is 147. The fourth-order valence-electron chi connectivity index (χ4n) is 1.20. The molecule has 0 saturated heterocycles. The number of hydrogen-bond acceptors (Lipinski definition) is 1. The van der Waals surface area contributed by atoms with E-state index in [0.29, 0.717) is 12.1 Å². The Labute approximate surface area is 96.6 Å². The Morgan fingerprint density at radius 2 is 1.53 bits per heavy atom. The molecule has 0 spiro atoms. The fraction of sp³-hybridized carbons (Fsp3) is 0.923. The van der Waals surface area contributed by atoms with Gasteiger partial charge in [0.15, 0.2) is 0 Å². The minimum Gasteiger partial charge on any atom is -0.372 e. The average Bonchev–Trinajstić information content (AvgIpc) is 2.03. The summed E-state index contributed by atoms with van der Waals surface area (Å²) in [7, 11) is 0. The minimum atomic E-state index is 0.395. The zero-order chi connectivity index (χ0) is 12.3. The maximum Gasteiger partial charge on any atom is 0.0936 e. The van der Waals surface area contributed by atoms with Gasteiger partial charge < -0.3 is 5.32 Å². The van der Waals surface area contributed by atoms with Gasteiger partial charge >= 0.3 is 0 Å². The van der Waals surface area contributed by atoms with Crippen LogP contribution >= 0.6 is 0 Å². The van der Waals surface area contributed by atoms with E-state index in [-0.39, 0.29) is 0 Å². The number of nitrogens with zero attached hydrogens (tertiary/aromatic N) is 1. The molecule has 0 aromatic carbocycles. The molecule has 0 bridgehead atoms. The number of nitrogens with one attached hydrogen (secondary N) is 1. The summed E-state index contributed by atoms with van der Waals surface area (Å²) in [6, 6.07) is 0.883. The second-order valence-electron chi connectivity index (χ2n) is 4.46. The molecule has 0 radical (unpaired) electrons. The van der Waals surface area contributed by atoms with Crippen LogP contribution in [0, 0.1) is 0 Å². The SMILES string of the molecule is CC(=NC(C)C)NC(C)C.CCCCC. The molecule has 0 amide bonds. The molecule has 2 heteroatoms. The lowest BCUT2D eigenvalue weighted by Crippen LogP contribution is -2.28. The summed E-state index contributed by atoms with van der Waals surface area (Å²) in [6.07, 6.45) is 4.08. The third-order valence-corrected chi connectivity index (χ3v) is 1.66. The molecule has 92 valence electrons. The van der Waals surface area contributed by atoms with Crippen molar-refractivity contribution in [3.63, 3.8) is 0 Å². The molecular weight excluding hydrogens is 184 g/mol. The van der Waals surface area contributed by atoms with Gasteiger partial charge in [0.25, 0.3) is 0 Å². The van der Waals surface area contributed by atoms with E-state index in [1.807, 2.05) is 6.92 Å². The monoisotopic (exact) mass is 214 g/mol. The predicted octanol–water partition coefficient (Wildman–Crippen LogP) is 4.01. The summed E-state index contributed by atoms with van der Waals surface area (Å²) in [6.45, 7) is 14.8. The van der Waals surface area contributed by atoms with Crippen LogP contribution in [0.25, 0.3) is 0 Å². The second kappa shape index (κ2) is 11.5. The third-order valence-electron chi connectivity index (χ3n) is 1.66. The van der Waals surface area contributed by atoms with Crippen molar-refractivity contribution < 1.29 is 0 Å². The first-order chi connectivity index (χ1) is 6.93. The van der Waals surface area contributed by atoms with E-state index in [2.05, 4.69) is 51.9 Å². The molecule has 0 fully saturated rings. The van der Waals surface area contributed by atoms with Crippen LogP contribution in [0.15, 0.2) is 4.99 Å². The molecular formula is C13H30N2. The molecule has 0 aromatic rings. The summed E-state index contributed by atoms with van der Waals surface area (Å²) >= 11 is 0. The predicted molar refractivity (Wildman–Crippen MR) is 71.7 cm³/mol. The molecule has 15 heavy (non-hydrogen) atoms. The lowest BCUT2D eigenvalue weighted by atomic mass is 10.3. The first kappa shape index (κ1) is 16.9. The van der Waals surface area contributed by atoms with Crippen LogP contribution in [-0.2, 0) is 0 Å². The molecule has 2 nitrogen and oxygen atoms in total. The van der Waals surface area contributed by atoms with Gasteiger partial charge in [-0.25, -0.2) is 0 Å². The Hall–Kier alpha value is -0.530. The van der Waals surface area contributed by atoms with Crippen molar-refractivity contribution in [2.75, 3.05) is 0 Å². The Balaban J connectivity index is 0. The van der Waals surface area contributed by atoms with E-state index in [1.165, 1.54) is 19.3 Å². The van der Waals surface area contributed by atoms with Crippen molar-refractivity contribution in [1.82, 2.24) is 5.32 Å². The average molecular weight is 214 g/mol. The number of hydrogen-bond donors (Lipinski definition) is 1. The Morgan fingerprint density at radius 3 is 1.73 bits per heavy atom. The van der Waals surface area contributed by atoms with Crippen molar-refractivity contribution >= 4 is 5.84 Å². The molecule has 0 rings (SSSR count). The summed E-state index contributed by atoms with van der Waals surface area (Å²) in [5.41, 5.74) is 0. The second-order valence-corrected chi connectivity index (χ2v) is 4.46. The fourth-order valence-corrected chi connectivity index (χ4v) is 1.20. The van der Waals surface area contributed by atoms with Gasteiger partial charge in [-0.2, -0.15) is 0 Å². The molecule has 0 aliphatic carbocycles. The van der Waals surface area contributed by atoms with Crippen molar-refractivity contribution in [1.29, 1.82) is 0 Å². The Morgan fingerprint density at radius 1 is 1.07 bits per heavy atom. The molecule has 0 aliphatic heterocycles. The van der Waals surface area contributed by atoms with Crippen LogP contribution in [0.5, 0.6) is 0 Å². The Kier molecular flexibility index (Phi) is 13.0. The molecule has 0 aliphatic rings. The van der Waals surface area contributed by atoms with Gasteiger partial charge in [0.2, 0.25) is 0 Å². The molecule has 0 saturated carbocycles. The highest BCUT2D eigenvalue weighted by molar-refractivity contribution is 5.79. The normalized spacial score (nSPS) is 11.4. The van der Waals surface area contributed by atoms with Gasteiger partial charge in [-0.1, -0.05) is 33.1 Å². The van der Waals surface area contributed by atoms with Crippen molar-refractivity contribution in [3.05, 3.63) is 0 Å². The lowest BCUT2D eigenvalue weighted by Gasteiger charge is -2.09. The van der Waals surface area contributed by atoms with E-state index >= 15 is 0 Å². The van der Waals surface area contributed by atoms with Crippen LogP contribution in [0.4, 0.5) is 0 Å². The van der Waals surface area contributed by atoms with Crippen LogP contribution in [0.3, 0.4) is 0 Å². The van der Waals surface area contributed by atoms with Gasteiger partial charge in [-0.05, 0) is 34.6 Å². The number of amidine groups is 1. The smallest absolute Gasteiger partial charge is 0.0936 e. The van der Waals surface area contributed by atoms with E-state index in [0.717, 1.165) is 5.84 Å². The molecule has 0 unspecified atom stereocenters. The topological polar surface area (TPSA) is 24.4 Å². The number of unbranched alkanes of at least 4 members (excludes halogenated alkanes) is 2. The van der Waals surface area contributed by atoms with E-state index < -0.39 is 0 Å². The molecule has 0 atom stereocenters. The van der Waals surface area contributed by atoms with Crippen molar-refractivity contribution in [2.24, 2.45) is 4.99 Å². The van der Waals surface area contributed by atoms with E-state index in [1.54, 1.807) is 0 Å². The van der Waals surface area contributed by atoms with E-state index in [4.69, 9.17) is 0 Å². The summed E-state index contributed by atoms with van der Waals surface area (Å²) in [4.78, 5) is 4.32. The minimum absolute atomic E-state index is 0.395. The van der Waals surface area contributed by atoms with Crippen molar-refractivity contribution in [3.8, 4) is 0 Å². The zero-order valence-corrected chi connectivity index (χ0v) is 11.7. The van der Waals surface area contributed by atoms with E-state index in [9.17, 15) is 0 Å². The molecule has 1 N–H and O–H groups in total. The largest absolute Gasteiger partial charge is 0.372 e. The number of rotatable bonds is 4. The molecule has 0 heterocycles. The highest BCUT2D eigenvalue weighted by Crippen LogP contribution is 1.88. The van der Waals surface area contributed by atoms with Gasteiger partial charge in [0, 0.05) is 12.1 Å².